The van der Waals surface area contributed by atoms with Gasteiger partial charge in [0.1, 0.15) is 12.2 Å². The van der Waals surface area contributed by atoms with Crippen LogP contribution in [-0.4, -0.2) is 56.7 Å². The van der Waals surface area contributed by atoms with Crippen LogP contribution in [0.25, 0.3) is 10.9 Å². The highest BCUT2D eigenvalue weighted by molar-refractivity contribution is 5.85. The summed E-state index contributed by atoms with van der Waals surface area (Å²) in [5, 5.41) is 17.9. The van der Waals surface area contributed by atoms with Gasteiger partial charge in [0.15, 0.2) is 0 Å². The number of benzene rings is 1. The molecule has 2 aliphatic rings. The maximum Gasteiger partial charge on any atom is 0.236 e. The van der Waals surface area contributed by atoms with Crippen LogP contribution in [0.1, 0.15) is 44.2 Å². The van der Waals surface area contributed by atoms with Gasteiger partial charge in [-0.15, -0.1) is 0 Å². The third-order valence-electron chi connectivity index (χ3n) is 7.97. The minimum atomic E-state index is -0.0260. The molecule has 5 rings (SSSR count). The largest absolute Gasteiger partial charge is 0.357 e. The minimum Gasteiger partial charge on any atom is -0.357 e. The summed E-state index contributed by atoms with van der Waals surface area (Å²) in [6.07, 6.45) is 7.16. The molecule has 1 spiro atoms. The third kappa shape index (κ3) is 4.53. The lowest BCUT2D eigenvalue weighted by Gasteiger charge is -2.40. The summed E-state index contributed by atoms with van der Waals surface area (Å²) in [5.41, 5.74) is 3.20. The molecular formula is C26H32N8O. The van der Waals surface area contributed by atoms with Crippen molar-refractivity contribution in [1.29, 1.82) is 5.26 Å². The van der Waals surface area contributed by atoms with E-state index in [0.29, 0.717) is 12.0 Å². The normalized spacial score (nSPS) is 21.9. The number of nitrogens with one attached hydrogen (secondary N) is 1. The molecular weight excluding hydrogens is 440 g/mol. The van der Waals surface area contributed by atoms with E-state index in [1.54, 1.807) is 6.20 Å². The van der Waals surface area contributed by atoms with Crippen molar-refractivity contribution in [3.05, 3.63) is 36.2 Å². The standard InChI is InChI=1S/C26H32N8O/c1-18-21-5-4-19(16-22(21)31-33(18)3)29-25-28-14-9-23(30-25)32(2)20-6-10-26(11-7-20)12-15-34(17-26)24(35)8-13-27/h4-5,9,14,16,20H,6-8,10-12,15,17H2,1-3H3,(H,28,29,30). The van der Waals surface area contributed by atoms with Crippen molar-refractivity contribution < 1.29 is 4.79 Å². The van der Waals surface area contributed by atoms with Gasteiger partial charge in [-0.25, -0.2) is 4.98 Å². The zero-order valence-electron chi connectivity index (χ0n) is 20.7. The molecule has 1 saturated heterocycles. The van der Waals surface area contributed by atoms with E-state index in [1.807, 2.05) is 40.9 Å². The number of aryl methyl sites for hydroxylation is 2. The number of rotatable bonds is 5. The first-order valence-electron chi connectivity index (χ1n) is 12.3. The molecule has 0 radical (unpaired) electrons. The molecule has 1 aliphatic heterocycles. The molecule has 2 aromatic heterocycles. The lowest BCUT2D eigenvalue weighted by molar-refractivity contribution is -0.129. The Kier molecular flexibility index (Phi) is 6.05. The summed E-state index contributed by atoms with van der Waals surface area (Å²) in [4.78, 5) is 25.5. The number of anilines is 3. The molecule has 9 heteroatoms. The quantitative estimate of drug-likeness (QED) is 0.600. The Balaban J connectivity index is 1.22. The fourth-order valence-corrected chi connectivity index (χ4v) is 5.67. The summed E-state index contributed by atoms with van der Waals surface area (Å²) < 4.78 is 1.89. The number of nitriles is 1. The Hall–Kier alpha value is -3.67. The maximum atomic E-state index is 12.1. The predicted molar refractivity (Wildman–Crippen MR) is 135 cm³/mol. The van der Waals surface area contributed by atoms with Crippen molar-refractivity contribution in [2.24, 2.45) is 12.5 Å². The van der Waals surface area contributed by atoms with Gasteiger partial charge in [0, 0.05) is 56.2 Å². The van der Waals surface area contributed by atoms with Crippen LogP contribution >= 0.6 is 0 Å². The molecule has 35 heavy (non-hydrogen) atoms. The second-order valence-corrected chi connectivity index (χ2v) is 10.0. The Morgan fingerprint density at radius 2 is 2.09 bits per heavy atom. The van der Waals surface area contributed by atoms with Gasteiger partial charge in [0.25, 0.3) is 0 Å². The summed E-state index contributed by atoms with van der Waals surface area (Å²) in [6, 6.07) is 10.5. The van der Waals surface area contributed by atoms with E-state index in [-0.39, 0.29) is 17.7 Å². The number of hydrogen-bond acceptors (Lipinski definition) is 7. The van der Waals surface area contributed by atoms with Crippen LogP contribution in [0.5, 0.6) is 0 Å². The molecule has 3 aromatic rings. The Labute approximate surface area is 205 Å². The molecule has 0 bridgehead atoms. The lowest BCUT2D eigenvalue weighted by Crippen LogP contribution is -2.41. The van der Waals surface area contributed by atoms with Crippen molar-refractivity contribution in [3.8, 4) is 6.07 Å². The van der Waals surface area contributed by atoms with Crippen molar-refractivity contribution in [2.75, 3.05) is 30.4 Å². The molecule has 3 heterocycles. The van der Waals surface area contributed by atoms with Crippen molar-refractivity contribution in [2.45, 2.75) is 51.5 Å². The average Bonchev–Trinajstić information content (AvgIpc) is 3.40. The number of carbonyl (C=O) groups is 1. The predicted octanol–water partition coefficient (Wildman–Crippen LogP) is 3.93. The molecule has 1 saturated carbocycles. The first kappa shape index (κ1) is 23.1. The van der Waals surface area contributed by atoms with Gasteiger partial charge >= 0.3 is 0 Å². The van der Waals surface area contributed by atoms with Crippen molar-refractivity contribution in [1.82, 2.24) is 24.6 Å². The van der Waals surface area contributed by atoms with Crippen LogP contribution in [0.15, 0.2) is 30.5 Å². The SMILES string of the molecule is Cc1c2ccc(Nc3nccc(N(C)C4CCC5(CC4)CCN(C(=O)CC#N)C5)n3)cc2nn1C. The highest BCUT2D eigenvalue weighted by Crippen LogP contribution is 2.45. The minimum absolute atomic E-state index is 0.0130. The van der Waals surface area contributed by atoms with Gasteiger partial charge in [0.05, 0.1) is 11.6 Å². The molecule has 1 amide bonds. The van der Waals surface area contributed by atoms with Gasteiger partial charge in [0.2, 0.25) is 11.9 Å². The zero-order valence-corrected chi connectivity index (χ0v) is 20.7. The van der Waals surface area contributed by atoms with E-state index in [4.69, 9.17) is 10.2 Å². The Morgan fingerprint density at radius 1 is 1.29 bits per heavy atom. The van der Waals surface area contributed by atoms with E-state index in [2.05, 4.69) is 40.3 Å². The average molecular weight is 473 g/mol. The second-order valence-electron chi connectivity index (χ2n) is 10.0. The summed E-state index contributed by atoms with van der Waals surface area (Å²) in [6.45, 7) is 3.65. The molecule has 0 unspecified atom stereocenters. The number of fused-ring (bicyclic) bond motifs is 1. The number of carbonyl (C=O) groups excluding carboxylic acids is 1. The van der Waals surface area contributed by atoms with Gasteiger partial charge in [-0.3, -0.25) is 9.48 Å². The first-order valence-corrected chi connectivity index (χ1v) is 12.3. The fourth-order valence-electron chi connectivity index (χ4n) is 5.67. The number of hydrogen-bond donors (Lipinski definition) is 1. The van der Waals surface area contributed by atoms with Crippen LogP contribution in [-0.2, 0) is 11.8 Å². The smallest absolute Gasteiger partial charge is 0.236 e. The number of nitrogens with zero attached hydrogens (tertiary/aromatic N) is 7. The summed E-state index contributed by atoms with van der Waals surface area (Å²) in [5.74, 6) is 1.44. The molecule has 9 nitrogen and oxygen atoms in total. The Bertz CT molecular complexity index is 1280. The van der Waals surface area contributed by atoms with Crippen molar-refractivity contribution >= 4 is 34.3 Å². The number of amides is 1. The van der Waals surface area contributed by atoms with Crippen LogP contribution in [0.2, 0.25) is 0 Å². The molecule has 2 fully saturated rings. The monoisotopic (exact) mass is 472 g/mol. The van der Waals surface area contributed by atoms with E-state index in [0.717, 1.165) is 73.3 Å². The topological polar surface area (TPSA) is 103 Å². The maximum absolute atomic E-state index is 12.1. The molecule has 1 N–H and O–H groups in total. The van der Waals surface area contributed by atoms with Crippen LogP contribution in [0.3, 0.4) is 0 Å². The van der Waals surface area contributed by atoms with Gasteiger partial charge in [-0.2, -0.15) is 15.3 Å². The summed E-state index contributed by atoms with van der Waals surface area (Å²) >= 11 is 0. The van der Waals surface area contributed by atoms with Gasteiger partial charge in [-0.1, -0.05) is 0 Å². The molecule has 0 atom stereocenters. The zero-order chi connectivity index (χ0) is 24.6. The molecule has 1 aromatic carbocycles. The number of aromatic nitrogens is 4. The van der Waals surface area contributed by atoms with Gasteiger partial charge in [-0.05, 0) is 68.7 Å². The van der Waals surface area contributed by atoms with E-state index in [1.165, 1.54) is 0 Å². The third-order valence-corrected chi connectivity index (χ3v) is 7.97. The van der Waals surface area contributed by atoms with Crippen LogP contribution < -0.4 is 10.2 Å². The number of likely N-dealkylation sites (tertiary alicyclic amines) is 1. The fraction of sp³-hybridized carbons (Fsp3) is 0.500. The van der Waals surface area contributed by atoms with Gasteiger partial charge < -0.3 is 15.1 Å². The lowest BCUT2D eigenvalue weighted by atomic mass is 9.71. The first-order chi connectivity index (χ1) is 16.9. The van der Waals surface area contributed by atoms with Crippen LogP contribution in [0, 0.1) is 23.7 Å². The molecule has 182 valence electrons. The van der Waals surface area contributed by atoms with Crippen LogP contribution in [0.4, 0.5) is 17.5 Å². The van der Waals surface area contributed by atoms with Crippen molar-refractivity contribution in [3.63, 3.8) is 0 Å². The van der Waals surface area contributed by atoms with E-state index >= 15 is 0 Å². The second kappa shape index (κ2) is 9.17. The highest BCUT2D eigenvalue weighted by atomic mass is 16.2. The van der Waals surface area contributed by atoms with E-state index < -0.39 is 0 Å². The highest BCUT2D eigenvalue weighted by Gasteiger charge is 2.42. The molecule has 1 aliphatic carbocycles. The Morgan fingerprint density at radius 3 is 2.86 bits per heavy atom. The summed E-state index contributed by atoms with van der Waals surface area (Å²) in [7, 11) is 4.06. The van der Waals surface area contributed by atoms with E-state index in [9.17, 15) is 4.79 Å².